The first-order valence-electron chi connectivity index (χ1n) is 12.0. The van der Waals surface area contributed by atoms with Crippen LogP contribution in [0.4, 0.5) is 24.5 Å². The van der Waals surface area contributed by atoms with E-state index in [-0.39, 0.29) is 17.7 Å². The third kappa shape index (κ3) is 5.42. The van der Waals surface area contributed by atoms with Crippen LogP contribution in [0.1, 0.15) is 30.5 Å². The van der Waals surface area contributed by atoms with Crippen molar-refractivity contribution in [1.82, 2.24) is 10.2 Å². The van der Waals surface area contributed by atoms with Crippen molar-refractivity contribution in [2.45, 2.75) is 38.2 Å². The fourth-order valence-corrected chi connectivity index (χ4v) is 4.77. The number of carbonyl (C=O) groups is 2. The van der Waals surface area contributed by atoms with E-state index in [0.717, 1.165) is 17.7 Å². The Labute approximate surface area is 211 Å². The minimum absolute atomic E-state index is 0.0314. The lowest BCUT2D eigenvalue weighted by Gasteiger charge is -2.36. The van der Waals surface area contributed by atoms with Crippen molar-refractivity contribution < 1.29 is 32.2 Å². The fourth-order valence-electron chi connectivity index (χ4n) is 4.77. The summed E-state index contributed by atoms with van der Waals surface area (Å²) in [5.41, 5.74) is 0.886. The van der Waals surface area contributed by atoms with Crippen molar-refractivity contribution in [2.24, 2.45) is 0 Å². The molecule has 1 saturated heterocycles. The molecule has 3 N–H and O–H groups in total. The number of nitrogens with zero attached hydrogens (tertiary/aromatic N) is 1. The summed E-state index contributed by atoms with van der Waals surface area (Å²) in [6, 6.07) is 8.22. The Kier molecular flexibility index (Phi) is 6.36. The summed E-state index contributed by atoms with van der Waals surface area (Å²) in [6.45, 7) is 5.91. The van der Waals surface area contributed by atoms with E-state index in [0.29, 0.717) is 55.4 Å². The van der Waals surface area contributed by atoms with E-state index < -0.39 is 23.4 Å². The molecule has 2 aromatic carbocycles. The fraction of sp³-hybridized carbons (Fsp3) is 0.385. The second-order valence-corrected chi connectivity index (χ2v) is 9.72. The van der Waals surface area contributed by atoms with Crippen LogP contribution in [0.15, 0.2) is 42.5 Å². The number of amides is 2. The third-order valence-corrected chi connectivity index (χ3v) is 6.51. The Balaban J connectivity index is 1.33. The van der Waals surface area contributed by atoms with Crippen LogP contribution in [0.3, 0.4) is 0 Å². The molecule has 0 aliphatic carbocycles. The smallest absolute Gasteiger partial charge is 0.416 e. The molecule has 3 aliphatic rings. The van der Waals surface area contributed by atoms with Crippen LogP contribution in [0.2, 0.25) is 0 Å². The second-order valence-electron chi connectivity index (χ2n) is 9.72. The highest BCUT2D eigenvalue weighted by Crippen LogP contribution is 2.39. The van der Waals surface area contributed by atoms with Gasteiger partial charge in [0.1, 0.15) is 5.75 Å². The lowest BCUT2D eigenvalue weighted by atomic mass is 9.97. The summed E-state index contributed by atoms with van der Waals surface area (Å²) in [5, 5.41) is 8.74. The minimum Gasteiger partial charge on any atom is -0.468 e. The molecule has 196 valence electrons. The van der Waals surface area contributed by atoms with E-state index in [1.165, 1.54) is 12.1 Å². The highest BCUT2D eigenvalue weighted by molar-refractivity contribution is 6.05. The number of hydrogen-bond donors (Lipinski definition) is 3. The maximum Gasteiger partial charge on any atom is 0.416 e. The van der Waals surface area contributed by atoms with Gasteiger partial charge in [0.2, 0.25) is 11.8 Å². The maximum absolute atomic E-state index is 13.2. The number of ether oxygens (including phenoxy) is 2. The molecular formula is C26H27F3N4O4. The van der Waals surface area contributed by atoms with Gasteiger partial charge in [-0.05, 0) is 56.2 Å². The number of carbonyl (C=O) groups excluding carboxylic acids is 2. The molecule has 0 aromatic heterocycles. The normalized spacial score (nSPS) is 22.2. The molecule has 2 aromatic rings. The zero-order valence-electron chi connectivity index (χ0n) is 20.4. The molecule has 1 atom stereocenters. The first-order chi connectivity index (χ1) is 17.5. The summed E-state index contributed by atoms with van der Waals surface area (Å²) in [6.07, 6.45) is -2.67. The van der Waals surface area contributed by atoms with Crippen LogP contribution >= 0.6 is 0 Å². The van der Waals surface area contributed by atoms with E-state index in [1.807, 2.05) is 6.07 Å². The number of nitrogens with one attached hydrogen (secondary N) is 3. The Morgan fingerprint density at radius 1 is 1.16 bits per heavy atom. The predicted molar refractivity (Wildman–Crippen MR) is 131 cm³/mol. The maximum atomic E-state index is 13.2. The molecule has 0 saturated carbocycles. The summed E-state index contributed by atoms with van der Waals surface area (Å²) < 4.78 is 50.6. The topological polar surface area (TPSA) is 91.9 Å². The molecule has 0 spiro atoms. The number of alkyl halides is 3. The van der Waals surface area contributed by atoms with Gasteiger partial charge in [-0.2, -0.15) is 13.2 Å². The van der Waals surface area contributed by atoms with E-state index in [9.17, 15) is 22.8 Å². The van der Waals surface area contributed by atoms with E-state index in [4.69, 9.17) is 9.47 Å². The highest BCUT2D eigenvalue weighted by atomic mass is 19.4. The Morgan fingerprint density at radius 2 is 1.92 bits per heavy atom. The third-order valence-electron chi connectivity index (χ3n) is 6.51. The van der Waals surface area contributed by atoms with Crippen molar-refractivity contribution in [2.75, 3.05) is 36.9 Å². The average molecular weight is 517 g/mol. The van der Waals surface area contributed by atoms with Crippen LogP contribution in [0.25, 0.3) is 5.70 Å². The van der Waals surface area contributed by atoms with Crippen LogP contribution in [0, 0.1) is 0 Å². The highest BCUT2D eigenvalue weighted by Gasteiger charge is 2.35. The predicted octanol–water partition coefficient (Wildman–Crippen LogP) is 3.60. The number of morpholine rings is 1. The van der Waals surface area contributed by atoms with Gasteiger partial charge in [-0.1, -0.05) is 6.07 Å². The summed E-state index contributed by atoms with van der Waals surface area (Å²) >= 11 is 0. The summed E-state index contributed by atoms with van der Waals surface area (Å²) in [4.78, 5) is 27.7. The van der Waals surface area contributed by atoms with E-state index in [2.05, 4.69) is 20.9 Å². The lowest BCUT2D eigenvalue weighted by Crippen LogP contribution is -2.52. The SMILES string of the molecule is CC1(C)N/C(=C\C(=O)Nc2ccc3c(c2)NC(=O)C(N2CCOCC2)C3)c2ccc(C(F)(F)F)cc2O1. The van der Waals surface area contributed by atoms with Gasteiger partial charge < -0.3 is 25.4 Å². The van der Waals surface area contributed by atoms with Crippen molar-refractivity contribution in [1.29, 1.82) is 0 Å². The zero-order chi connectivity index (χ0) is 26.4. The summed E-state index contributed by atoms with van der Waals surface area (Å²) in [7, 11) is 0. The van der Waals surface area contributed by atoms with Crippen LogP contribution in [0.5, 0.6) is 5.75 Å². The van der Waals surface area contributed by atoms with Gasteiger partial charge in [0, 0.05) is 36.1 Å². The number of hydrogen-bond acceptors (Lipinski definition) is 6. The Bertz CT molecular complexity index is 1270. The molecule has 8 nitrogen and oxygen atoms in total. The van der Waals surface area contributed by atoms with Gasteiger partial charge >= 0.3 is 6.18 Å². The first-order valence-corrected chi connectivity index (χ1v) is 12.0. The molecule has 3 heterocycles. The van der Waals surface area contributed by atoms with Gasteiger partial charge in [0.25, 0.3) is 0 Å². The number of fused-ring (bicyclic) bond motifs is 2. The number of halogens is 3. The molecule has 2 amide bonds. The van der Waals surface area contributed by atoms with Gasteiger partial charge in [-0.15, -0.1) is 0 Å². The number of rotatable bonds is 3. The van der Waals surface area contributed by atoms with E-state index in [1.54, 1.807) is 26.0 Å². The Hall–Kier alpha value is -3.57. The molecule has 37 heavy (non-hydrogen) atoms. The van der Waals surface area contributed by atoms with Crippen molar-refractivity contribution in [3.05, 3.63) is 59.2 Å². The van der Waals surface area contributed by atoms with Gasteiger partial charge in [0.15, 0.2) is 5.72 Å². The number of benzene rings is 2. The molecule has 3 aliphatic heterocycles. The van der Waals surface area contributed by atoms with Gasteiger partial charge in [-0.3, -0.25) is 14.5 Å². The van der Waals surface area contributed by atoms with Crippen LogP contribution in [-0.4, -0.2) is 54.8 Å². The first kappa shape index (κ1) is 25.1. The minimum atomic E-state index is -4.52. The van der Waals surface area contributed by atoms with Crippen molar-refractivity contribution in [3.63, 3.8) is 0 Å². The molecule has 1 unspecified atom stereocenters. The Morgan fingerprint density at radius 3 is 2.65 bits per heavy atom. The largest absolute Gasteiger partial charge is 0.468 e. The van der Waals surface area contributed by atoms with Crippen LogP contribution < -0.4 is 20.7 Å². The molecule has 0 radical (unpaired) electrons. The monoisotopic (exact) mass is 516 g/mol. The van der Waals surface area contributed by atoms with Crippen molar-refractivity contribution >= 4 is 28.9 Å². The quantitative estimate of drug-likeness (QED) is 0.540. The summed E-state index contributed by atoms with van der Waals surface area (Å²) in [5.74, 6) is -0.549. The standard InChI is InChI=1S/C26H27F3N4O4/c1-25(2)32-20(18-6-4-16(26(27,28)29)12-22(18)37-25)14-23(34)30-17-5-3-15-11-21(24(35)31-19(15)13-17)33-7-9-36-10-8-33/h3-6,12-14,21,32H,7-11H2,1-2H3,(H,30,34)(H,31,35)/b20-14-. The second kappa shape index (κ2) is 9.38. The van der Waals surface area contributed by atoms with Crippen LogP contribution in [-0.2, 0) is 26.9 Å². The van der Waals surface area contributed by atoms with Gasteiger partial charge in [0.05, 0.1) is 30.5 Å². The molecular weight excluding hydrogens is 489 g/mol. The average Bonchev–Trinajstić information content (AvgIpc) is 2.82. The lowest BCUT2D eigenvalue weighted by molar-refractivity contribution is -0.137. The number of anilines is 2. The molecule has 0 bridgehead atoms. The van der Waals surface area contributed by atoms with Gasteiger partial charge in [-0.25, -0.2) is 0 Å². The van der Waals surface area contributed by atoms with Crippen molar-refractivity contribution in [3.8, 4) is 5.75 Å². The molecule has 11 heteroatoms. The molecule has 5 rings (SSSR count). The zero-order valence-corrected chi connectivity index (χ0v) is 20.4. The van der Waals surface area contributed by atoms with E-state index >= 15 is 0 Å². The molecule has 1 fully saturated rings.